The highest BCUT2D eigenvalue weighted by Crippen LogP contribution is 2.35. The highest BCUT2D eigenvalue weighted by molar-refractivity contribution is 6.35. The maximum atomic E-state index is 13.1. The third kappa shape index (κ3) is 4.82. The van der Waals surface area contributed by atoms with Crippen molar-refractivity contribution < 1.29 is 14.5 Å². The number of non-ortho nitro benzene ring substituents is 1. The van der Waals surface area contributed by atoms with Gasteiger partial charge in [0.2, 0.25) is 0 Å². The minimum absolute atomic E-state index is 0.0659. The Morgan fingerprint density at radius 3 is 2.65 bits per heavy atom. The maximum absolute atomic E-state index is 13.1. The second-order valence-electron chi connectivity index (χ2n) is 8.00. The summed E-state index contributed by atoms with van der Waals surface area (Å²) >= 11 is 12.1. The SMILES string of the molecule is Cc1c(-c2ccnc3cc(C(=O)Nc4cc(Oc5ccc(Cl)cc5Cl)cc([N+](=O)[O-])c4)nn23)cnn1C. The largest absolute Gasteiger partial charge is 0.455 e. The maximum Gasteiger partial charge on any atom is 0.276 e. The minimum atomic E-state index is -0.594. The molecule has 1 N–H and O–H groups in total. The van der Waals surface area contributed by atoms with Gasteiger partial charge in [-0.1, -0.05) is 23.2 Å². The molecule has 0 saturated heterocycles. The number of amides is 1. The zero-order chi connectivity index (χ0) is 26.3. The quantitative estimate of drug-likeness (QED) is 0.217. The average Bonchev–Trinajstić information content (AvgIpc) is 3.44. The molecule has 0 unspecified atom stereocenters. The highest BCUT2D eigenvalue weighted by Gasteiger charge is 2.19. The molecule has 1 amide bonds. The highest BCUT2D eigenvalue weighted by atomic mass is 35.5. The molecule has 0 bridgehead atoms. The summed E-state index contributed by atoms with van der Waals surface area (Å²) in [5.74, 6) is -0.247. The Morgan fingerprint density at radius 2 is 1.95 bits per heavy atom. The van der Waals surface area contributed by atoms with E-state index < -0.39 is 10.8 Å². The van der Waals surface area contributed by atoms with Crippen LogP contribution in [0, 0.1) is 17.0 Å². The van der Waals surface area contributed by atoms with Crippen molar-refractivity contribution in [3.63, 3.8) is 0 Å². The molecule has 3 aromatic heterocycles. The molecule has 3 heterocycles. The number of hydrogen-bond acceptors (Lipinski definition) is 7. The topological polar surface area (TPSA) is 129 Å². The molecule has 2 aromatic carbocycles. The molecule has 5 aromatic rings. The predicted molar refractivity (Wildman–Crippen MR) is 138 cm³/mol. The van der Waals surface area contributed by atoms with E-state index in [2.05, 4.69) is 20.5 Å². The van der Waals surface area contributed by atoms with Gasteiger partial charge in [0, 0.05) is 47.7 Å². The van der Waals surface area contributed by atoms with E-state index >= 15 is 0 Å². The minimum Gasteiger partial charge on any atom is -0.455 e. The first-order valence-corrected chi connectivity index (χ1v) is 11.5. The summed E-state index contributed by atoms with van der Waals surface area (Å²) in [5, 5.41) is 23.5. The number of anilines is 1. The van der Waals surface area contributed by atoms with Gasteiger partial charge in [-0.2, -0.15) is 10.2 Å². The van der Waals surface area contributed by atoms with Crippen molar-refractivity contribution in [3.05, 3.63) is 92.5 Å². The Balaban J connectivity index is 1.46. The molecule has 0 aliphatic heterocycles. The third-order valence-electron chi connectivity index (χ3n) is 5.58. The van der Waals surface area contributed by atoms with Gasteiger partial charge in [0.1, 0.15) is 11.5 Å². The number of carbonyl (C=O) groups is 1. The summed E-state index contributed by atoms with van der Waals surface area (Å²) in [6.45, 7) is 1.92. The molecule has 37 heavy (non-hydrogen) atoms. The number of benzene rings is 2. The normalized spacial score (nSPS) is 11.0. The van der Waals surface area contributed by atoms with Gasteiger partial charge in [-0.25, -0.2) is 9.50 Å². The van der Waals surface area contributed by atoms with Gasteiger partial charge in [-0.3, -0.25) is 19.6 Å². The Morgan fingerprint density at radius 1 is 1.14 bits per heavy atom. The number of hydrogen-bond donors (Lipinski definition) is 1. The van der Waals surface area contributed by atoms with Crippen LogP contribution in [0.3, 0.4) is 0 Å². The molecule has 0 fully saturated rings. The Kier molecular flexibility index (Phi) is 6.24. The lowest BCUT2D eigenvalue weighted by molar-refractivity contribution is -0.384. The summed E-state index contributed by atoms with van der Waals surface area (Å²) in [6, 6.07) is 11.8. The summed E-state index contributed by atoms with van der Waals surface area (Å²) in [4.78, 5) is 28.3. The van der Waals surface area contributed by atoms with Gasteiger partial charge in [0.25, 0.3) is 11.6 Å². The molecule has 0 atom stereocenters. The van der Waals surface area contributed by atoms with Crippen molar-refractivity contribution in [3.8, 4) is 22.8 Å². The second-order valence-corrected chi connectivity index (χ2v) is 8.84. The fraction of sp³-hybridized carbons (Fsp3) is 0.0833. The van der Waals surface area contributed by atoms with E-state index in [0.717, 1.165) is 11.3 Å². The number of nitrogens with zero attached hydrogens (tertiary/aromatic N) is 6. The molecule has 11 nitrogen and oxygen atoms in total. The van der Waals surface area contributed by atoms with E-state index in [9.17, 15) is 14.9 Å². The predicted octanol–water partition coefficient (Wildman–Crippen LogP) is 5.70. The Bertz CT molecular complexity index is 1700. The summed E-state index contributed by atoms with van der Waals surface area (Å²) in [7, 11) is 1.83. The summed E-state index contributed by atoms with van der Waals surface area (Å²) in [6.07, 6.45) is 3.33. The number of ether oxygens (including phenoxy) is 1. The van der Waals surface area contributed by atoms with Crippen LogP contribution in [0.15, 0.2) is 60.9 Å². The molecule has 0 saturated carbocycles. The van der Waals surface area contributed by atoms with Crippen LogP contribution in [0.5, 0.6) is 11.5 Å². The van der Waals surface area contributed by atoms with Crippen LogP contribution in [0.4, 0.5) is 11.4 Å². The number of rotatable bonds is 6. The van der Waals surface area contributed by atoms with Crippen LogP contribution in [0.1, 0.15) is 16.2 Å². The Labute approximate surface area is 219 Å². The number of fused-ring (bicyclic) bond motifs is 1. The lowest BCUT2D eigenvalue weighted by Gasteiger charge is -2.10. The van der Waals surface area contributed by atoms with E-state index in [-0.39, 0.29) is 33.6 Å². The molecule has 0 aliphatic carbocycles. The van der Waals surface area contributed by atoms with Gasteiger partial charge in [0.15, 0.2) is 11.3 Å². The number of aromatic nitrogens is 5. The van der Waals surface area contributed by atoms with Crippen LogP contribution in [0.2, 0.25) is 10.0 Å². The number of nitro benzene ring substituents is 1. The first-order valence-electron chi connectivity index (χ1n) is 10.8. The van der Waals surface area contributed by atoms with Crippen LogP contribution < -0.4 is 10.1 Å². The summed E-state index contributed by atoms with van der Waals surface area (Å²) < 4.78 is 9.00. The van der Waals surface area contributed by atoms with Gasteiger partial charge in [-0.05, 0) is 31.2 Å². The van der Waals surface area contributed by atoms with Gasteiger partial charge in [-0.15, -0.1) is 0 Å². The zero-order valence-corrected chi connectivity index (χ0v) is 20.9. The van der Waals surface area contributed by atoms with Crippen molar-refractivity contribution in [2.24, 2.45) is 7.05 Å². The zero-order valence-electron chi connectivity index (χ0n) is 19.3. The fourth-order valence-electron chi connectivity index (χ4n) is 3.66. The average molecular weight is 538 g/mol. The first kappa shape index (κ1) is 24.2. The number of nitrogens with one attached hydrogen (secondary N) is 1. The summed E-state index contributed by atoms with van der Waals surface area (Å²) in [5.41, 5.74) is 2.82. The number of carbonyl (C=O) groups excluding carboxylic acids is 1. The van der Waals surface area contributed by atoms with E-state index in [1.807, 2.05) is 14.0 Å². The fourth-order valence-corrected chi connectivity index (χ4v) is 4.11. The second kappa shape index (κ2) is 9.52. The first-order chi connectivity index (χ1) is 17.7. The van der Waals surface area contributed by atoms with Crippen LogP contribution in [0.25, 0.3) is 16.9 Å². The molecular formula is C24H17Cl2N7O4. The number of halogens is 2. The number of aryl methyl sites for hydroxylation is 1. The third-order valence-corrected chi connectivity index (χ3v) is 6.11. The van der Waals surface area contributed by atoms with E-state index in [0.29, 0.717) is 16.4 Å². The molecular weight excluding hydrogens is 521 g/mol. The van der Waals surface area contributed by atoms with E-state index in [1.165, 1.54) is 36.4 Å². The smallest absolute Gasteiger partial charge is 0.276 e. The standard InChI is InChI=1S/C24H17Cl2N7O4/c1-13-18(12-28-31(13)2)21-5-6-27-23-11-20(30-32(21)23)24(34)29-15-8-16(33(35)36)10-17(9-15)37-22-4-3-14(25)7-19(22)26/h3-12H,1-2H3,(H,29,34). The van der Waals surface area contributed by atoms with Crippen molar-refractivity contribution >= 4 is 46.1 Å². The monoisotopic (exact) mass is 537 g/mol. The molecule has 13 heteroatoms. The Hall–Kier alpha value is -4.48. The number of nitro groups is 1. The van der Waals surface area contributed by atoms with Gasteiger partial charge < -0.3 is 10.1 Å². The molecule has 186 valence electrons. The van der Waals surface area contributed by atoms with Crippen LogP contribution in [-0.2, 0) is 7.05 Å². The van der Waals surface area contributed by atoms with Crippen molar-refractivity contribution in [2.75, 3.05) is 5.32 Å². The molecule has 0 radical (unpaired) electrons. The van der Waals surface area contributed by atoms with Gasteiger partial charge >= 0.3 is 0 Å². The van der Waals surface area contributed by atoms with E-state index in [4.69, 9.17) is 27.9 Å². The van der Waals surface area contributed by atoms with E-state index in [1.54, 1.807) is 33.7 Å². The lowest BCUT2D eigenvalue weighted by atomic mass is 10.2. The van der Waals surface area contributed by atoms with Crippen LogP contribution >= 0.6 is 23.2 Å². The van der Waals surface area contributed by atoms with Gasteiger partial charge in [0.05, 0.1) is 33.6 Å². The molecule has 0 spiro atoms. The van der Waals surface area contributed by atoms with Crippen molar-refractivity contribution in [2.45, 2.75) is 6.92 Å². The van der Waals surface area contributed by atoms with Crippen molar-refractivity contribution in [1.82, 2.24) is 24.4 Å². The van der Waals surface area contributed by atoms with Crippen LogP contribution in [-0.4, -0.2) is 35.2 Å². The molecule has 5 rings (SSSR count). The molecule has 0 aliphatic rings. The lowest BCUT2D eigenvalue weighted by Crippen LogP contribution is -2.13. The van der Waals surface area contributed by atoms with Crippen molar-refractivity contribution in [1.29, 1.82) is 0 Å².